The molecule has 0 saturated heterocycles. The molecule has 0 fully saturated rings. The van der Waals surface area contributed by atoms with E-state index in [9.17, 15) is 9.59 Å². The number of dihydropyridines is 1. The summed E-state index contributed by atoms with van der Waals surface area (Å²) in [6, 6.07) is 0. The standard InChI is InChI=1S/C8H7NO2/c10-5-8(6-11)7-1-3-9-4-2-7/h1-6,9H. The Labute approximate surface area is 64.1 Å². The van der Waals surface area contributed by atoms with E-state index in [1.54, 1.807) is 24.6 Å². The molecule has 3 nitrogen and oxygen atoms in total. The second kappa shape index (κ2) is 3.51. The molecule has 11 heavy (non-hydrogen) atoms. The quantitative estimate of drug-likeness (QED) is 0.266. The van der Waals surface area contributed by atoms with Gasteiger partial charge in [0.15, 0.2) is 12.6 Å². The molecule has 0 bridgehead atoms. The van der Waals surface area contributed by atoms with Crippen LogP contribution in [0.4, 0.5) is 0 Å². The Kier molecular flexibility index (Phi) is 2.38. The summed E-state index contributed by atoms with van der Waals surface area (Å²) in [5.41, 5.74) is 0.799. The lowest BCUT2D eigenvalue weighted by Crippen LogP contribution is -2.00. The Bertz CT molecular complexity index is 237. The Morgan fingerprint density at radius 1 is 1.18 bits per heavy atom. The van der Waals surface area contributed by atoms with E-state index >= 15 is 0 Å². The van der Waals surface area contributed by atoms with E-state index in [1.165, 1.54) is 0 Å². The number of hydrogen-bond donors (Lipinski definition) is 1. The highest BCUT2D eigenvalue weighted by atomic mass is 16.1. The van der Waals surface area contributed by atoms with Crippen molar-refractivity contribution in [2.45, 2.75) is 0 Å². The molecule has 0 aliphatic carbocycles. The summed E-state index contributed by atoms with van der Waals surface area (Å²) in [7, 11) is 0. The highest BCUT2D eigenvalue weighted by molar-refractivity contribution is 6.01. The monoisotopic (exact) mass is 149 g/mol. The summed E-state index contributed by atoms with van der Waals surface area (Å²) in [5, 5.41) is 2.79. The minimum absolute atomic E-state index is 0.166. The lowest BCUT2D eigenvalue weighted by atomic mass is 10.1. The maximum Gasteiger partial charge on any atom is 0.153 e. The average Bonchev–Trinajstić information content (AvgIpc) is 2.09. The van der Waals surface area contributed by atoms with Gasteiger partial charge < -0.3 is 5.32 Å². The van der Waals surface area contributed by atoms with Gasteiger partial charge in [-0.2, -0.15) is 0 Å². The molecular formula is C8H7NO2. The van der Waals surface area contributed by atoms with Crippen LogP contribution in [-0.2, 0) is 9.59 Å². The van der Waals surface area contributed by atoms with Gasteiger partial charge in [-0.05, 0) is 17.7 Å². The molecule has 1 heterocycles. The molecule has 3 heteroatoms. The second-order valence-corrected chi connectivity index (χ2v) is 1.98. The average molecular weight is 149 g/mol. The largest absolute Gasteiger partial charge is 0.368 e. The van der Waals surface area contributed by atoms with Crippen molar-refractivity contribution >= 4 is 12.6 Å². The molecule has 0 unspecified atom stereocenters. The fourth-order valence-electron chi connectivity index (χ4n) is 0.743. The molecule has 0 aromatic rings. The van der Waals surface area contributed by atoms with Crippen molar-refractivity contribution in [3.8, 4) is 0 Å². The van der Waals surface area contributed by atoms with Crippen molar-refractivity contribution in [2.24, 2.45) is 0 Å². The van der Waals surface area contributed by atoms with E-state index in [4.69, 9.17) is 0 Å². The molecule has 0 radical (unpaired) electrons. The van der Waals surface area contributed by atoms with E-state index in [0.717, 1.165) is 0 Å². The molecule has 1 aliphatic rings. The number of hydrogen-bond acceptors (Lipinski definition) is 3. The van der Waals surface area contributed by atoms with Crippen molar-refractivity contribution < 1.29 is 9.59 Å². The van der Waals surface area contributed by atoms with Crippen molar-refractivity contribution in [3.05, 3.63) is 35.7 Å². The topological polar surface area (TPSA) is 46.2 Å². The van der Waals surface area contributed by atoms with Gasteiger partial charge in [-0.3, -0.25) is 9.59 Å². The summed E-state index contributed by atoms with van der Waals surface area (Å²) < 4.78 is 0. The first-order valence-corrected chi connectivity index (χ1v) is 3.12. The van der Waals surface area contributed by atoms with Gasteiger partial charge in [0.1, 0.15) is 0 Å². The minimum atomic E-state index is 0.166. The third-order valence-electron chi connectivity index (χ3n) is 1.31. The van der Waals surface area contributed by atoms with Gasteiger partial charge in [0.2, 0.25) is 0 Å². The zero-order valence-corrected chi connectivity index (χ0v) is 5.78. The number of carbonyl (C=O) groups is 2. The van der Waals surface area contributed by atoms with Crippen molar-refractivity contribution in [3.63, 3.8) is 0 Å². The van der Waals surface area contributed by atoms with Gasteiger partial charge in [0.05, 0.1) is 5.57 Å². The zero-order chi connectivity index (χ0) is 8.10. The molecule has 0 aromatic heterocycles. The predicted octanol–water partition coefficient (Wildman–Crippen LogP) is 0.311. The molecule has 1 aliphatic heterocycles. The van der Waals surface area contributed by atoms with E-state index in [2.05, 4.69) is 5.32 Å². The first-order valence-electron chi connectivity index (χ1n) is 3.12. The fourth-order valence-corrected chi connectivity index (χ4v) is 0.743. The lowest BCUT2D eigenvalue weighted by molar-refractivity contribution is -0.109. The Balaban J connectivity index is 2.99. The second-order valence-electron chi connectivity index (χ2n) is 1.98. The van der Waals surface area contributed by atoms with Gasteiger partial charge in [0.25, 0.3) is 0 Å². The van der Waals surface area contributed by atoms with Crippen molar-refractivity contribution in [1.82, 2.24) is 5.32 Å². The SMILES string of the molecule is O=CC(C=O)=C1C=CNC=C1. The van der Waals surface area contributed by atoms with Crippen LogP contribution in [0.25, 0.3) is 0 Å². The molecule has 1 N–H and O–H groups in total. The molecule has 0 atom stereocenters. The Morgan fingerprint density at radius 2 is 1.73 bits per heavy atom. The van der Waals surface area contributed by atoms with Gasteiger partial charge in [0, 0.05) is 12.4 Å². The first kappa shape index (κ1) is 7.47. The summed E-state index contributed by atoms with van der Waals surface area (Å²) in [6.07, 6.45) is 7.73. The Morgan fingerprint density at radius 3 is 2.18 bits per heavy atom. The molecule has 0 saturated carbocycles. The summed E-state index contributed by atoms with van der Waals surface area (Å²) in [4.78, 5) is 20.5. The van der Waals surface area contributed by atoms with Gasteiger partial charge >= 0.3 is 0 Å². The van der Waals surface area contributed by atoms with Crippen LogP contribution in [0.2, 0.25) is 0 Å². The maximum atomic E-state index is 10.3. The molecule has 1 rings (SSSR count). The molecule has 0 spiro atoms. The minimum Gasteiger partial charge on any atom is -0.368 e. The van der Waals surface area contributed by atoms with Crippen LogP contribution in [0.3, 0.4) is 0 Å². The van der Waals surface area contributed by atoms with Gasteiger partial charge in [-0.1, -0.05) is 0 Å². The zero-order valence-electron chi connectivity index (χ0n) is 5.78. The molecular weight excluding hydrogens is 142 g/mol. The number of nitrogens with one attached hydrogen (secondary N) is 1. The normalized spacial score (nSPS) is 14.0. The highest BCUT2D eigenvalue weighted by Crippen LogP contribution is 2.05. The van der Waals surface area contributed by atoms with Crippen LogP contribution in [0.15, 0.2) is 35.7 Å². The third kappa shape index (κ3) is 1.64. The Hall–Kier alpha value is -1.64. The van der Waals surface area contributed by atoms with Crippen LogP contribution in [-0.4, -0.2) is 12.6 Å². The number of rotatable bonds is 2. The van der Waals surface area contributed by atoms with Crippen LogP contribution >= 0.6 is 0 Å². The number of carbonyl (C=O) groups excluding carboxylic acids is 2. The molecule has 0 aromatic carbocycles. The first-order chi connectivity index (χ1) is 5.38. The smallest absolute Gasteiger partial charge is 0.153 e. The predicted molar refractivity (Wildman–Crippen MR) is 40.6 cm³/mol. The summed E-state index contributed by atoms with van der Waals surface area (Å²) in [6.45, 7) is 0. The van der Waals surface area contributed by atoms with Crippen molar-refractivity contribution in [1.29, 1.82) is 0 Å². The van der Waals surface area contributed by atoms with Crippen LogP contribution in [0.1, 0.15) is 0 Å². The molecule has 0 amide bonds. The summed E-state index contributed by atoms with van der Waals surface area (Å²) in [5.74, 6) is 0. The molecule has 56 valence electrons. The van der Waals surface area contributed by atoms with E-state index in [1.807, 2.05) is 0 Å². The van der Waals surface area contributed by atoms with E-state index in [0.29, 0.717) is 18.1 Å². The van der Waals surface area contributed by atoms with E-state index in [-0.39, 0.29) is 5.57 Å². The van der Waals surface area contributed by atoms with Crippen LogP contribution in [0.5, 0.6) is 0 Å². The highest BCUT2D eigenvalue weighted by Gasteiger charge is 1.99. The fraction of sp³-hybridized carbons (Fsp3) is 0. The number of aldehydes is 2. The van der Waals surface area contributed by atoms with Crippen molar-refractivity contribution in [2.75, 3.05) is 0 Å². The lowest BCUT2D eigenvalue weighted by Gasteiger charge is -2.01. The maximum absolute atomic E-state index is 10.3. The van der Waals surface area contributed by atoms with E-state index < -0.39 is 0 Å². The van der Waals surface area contributed by atoms with Gasteiger partial charge in [-0.25, -0.2) is 0 Å². The van der Waals surface area contributed by atoms with Crippen LogP contribution < -0.4 is 5.32 Å². The third-order valence-corrected chi connectivity index (χ3v) is 1.31. The van der Waals surface area contributed by atoms with Gasteiger partial charge in [-0.15, -0.1) is 0 Å². The summed E-state index contributed by atoms with van der Waals surface area (Å²) >= 11 is 0. The van der Waals surface area contributed by atoms with Crippen LogP contribution in [0, 0.1) is 0 Å². The number of allylic oxidation sites excluding steroid dienone is 4.